The van der Waals surface area contributed by atoms with E-state index in [4.69, 9.17) is 23.2 Å². The van der Waals surface area contributed by atoms with E-state index in [-0.39, 0.29) is 11.8 Å². The Hall–Kier alpha value is -1.70. The lowest BCUT2D eigenvalue weighted by Crippen LogP contribution is -2.24. The van der Waals surface area contributed by atoms with E-state index in [1.807, 2.05) is 31.2 Å². The summed E-state index contributed by atoms with van der Waals surface area (Å²) in [4.78, 5) is 24.3. The number of benzene rings is 1. The maximum atomic E-state index is 12.3. The van der Waals surface area contributed by atoms with Gasteiger partial charge in [0.1, 0.15) is 5.01 Å². The molecule has 24 heavy (non-hydrogen) atoms. The number of carbonyl (C=O) groups excluding carboxylic acids is 2. The monoisotopic (exact) mass is 384 g/mol. The van der Waals surface area contributed by atoms with E-state index in [0.29, 0.717) is 23.1 Å². The molecule has 1 unspecified atom stereocenters. The second-order valence-corrected chi connectivity index (χ2v) is 7.58. The molecule has 0 spiro atoms. The van der Waals surface area contributed by atoms with Crippen molar-refractivity contribution in [3.05, 3.63) is 34.8 Å². The summed E-state index contributed by atoms with van der Waals surface area (Å²) in [5, 5.41) is 11.5. The summed E-state index contributed by atoms with van der Waals surface area (Å²) >= 11 is 12.2. The Kier molecular flexibility index (Phi) is 5.03. The molecule has 1 saturated heterocycles. The van der Waals surface area contributed by atoms with Crippen molar-refractivity contribution >= 4 is 57.2 Å². The van der Waals surface area contributed by atoms with Crippen LogP contribution in [-0.2, 0) is 9.59 Å². The number of carbonyl (C=O) groups is 2. The minimum atomic E-state index is -1.16. The summed E-state index contributed by atoms with van der Waals surface area (Å²) in [5.41, 5.74) is 2.02. The lowest BCUT2D eigenvalue weighted by atomic mass is 10.1. The van der Waals surface area contributed by atoms with E-state index >= 15 is 0 Å². The Morgan fingerprint density at radius 3 is 2.71 bits per heavy atom. The van der Waals surface area contributed by atoms with E-state index in [9.17, 15) is 9.59 Å². The van der Waals surface area contributed by atoms with Gasteiger partial charge in [0.25, 0.3) is 5.91 Å². The highest BCUT2D eigenvalue weighted by molar-refractivity contribution is 7.15. The highest BCUT2D eigenvalue weighted by atomic mass is 35.5. The zero-order chi connectivity index (χ0) is 17.3. The fourth-order valence-electron chi connectivity index (χ4n) is 2.46. The number of anilines is 2. The SMILES string of the molecule is Cc1ccc(N2CC(c3nnc(NC(=O)C(Cl)Cl)s3)CC2=O)cc1. The third-order valence-corrected chi connectivity index (χ3v) is 5.09. The van der Waals surface area contributed by atoms with Crippen LogP contribution in [0, 0.1) is 6.92 Å². The maximum Gasteiger partial charge on any atom is 0.259 e. The minimum absolute atomic E-state index is 0.0474. The molecule has 0 bridgehead atoms. The van der Waals surface area contributed by atoms with Crippen LogP contribution in [0.4, 0.5) is 10.8 Å². The van der Waals surface area contributed by atoms with Crippen LogP contribution in [0.1, 0.15) is 22.9 Å². The second-order valence-electron chi connectivity index (χ2n) is 5.48. The summed E-state index contributed by atoms with van der Waals surface area (Å²) in [7, 11) is 0. The summed E-state index contributed by atoms with van der Waals surface area (Å²) in [6.45, 7) is 2.54. The molecule has 1 fully saturated rings. The first-order valence-electron chi connectivity index (χ1n) is 7.23. The zero-order valence-electron chi connectivity index (χ0n) is 12.7. The molecule has 0 radical (unpaired) electrons. The molecule has 1 aliphatic heterocycles. The molecule has 2 aromatic rings. The minimum Gasteiger partial charge on any atom is -0.312 e. The number of rotatable bonds is 4. The number of aromatic nitrogens is 2. The highest BCUT2D eigenvalue weighted by Crippen LogP contribution is 2.34. The van der Waals surface area contributed by atoms with Gasteiger partial charge >= 0.3 is 0 Å². The molecule has 1 aliphatic rings. The summed E-state index contributed by atoms with van der Waals surface area (Å²) in [5.74, 6) is -0.555. The molecule has 1 atom stereocenters. The molecular weight excluding hydrogens is 371 g/mol. The average Bonchev–Trinajstić information content (AvgIpc) is 3.15. The van der Waals surface area contributed by atoms with Crippen LogP contribution in [-0.4, -0.2) is 33.4 Å². The molecule has 126 valence electrons. The van der Waals surface area contributed by atoms with Crippen LogP contribution in [0.3, 0.4) is 0 Å². The van der Waals surface area contributed by atoms with Crippen molar-refractivity contribution in [3.63, 3.8) is 0 Å². The molecule has 3 rings (SSSR count). The van der Waals surface area contributed by atoms with Crippen molar-refractivity contribution in [2.75, 3.05) is 16.8 Å². The average molecular weight is 385 g/mol. The van der Waals surface area contributed by atoms with Crippen LogP contribution in [0.25, 0.3) is 0 Å². The topological polar surface area (TPSA) is 75.2 Å². The third kappa shape index (κ3) is 3.68. The van der Waals surface area contributed by atoms with Gasteiger partial charge in [-0.25, -0.2) is 0 Å². The Balaban J connectivity index is 1.71. The number of amides is 2. The van der Waals surface area contributed by atoms with Crippen molar-refractivity contribution in [3.8, 4) is 0 Å². The first-order valence-corrected chi connectivity index (χ1v) is 8.92. The van der Waals surface area contributed by atoms with Gasteiger partial charge < -0.3 is 4.90 Å². The molecule has 0 saturated carbocycles. The van der Waals surface area contributed by atoms with Gasteiger partial charge in [0.15, 0.2) is 4.84 Å². The van der Waals surface area contributed by atoms with Crippen molar-refractivity contribution < 1.29 is 9.59 Å². The van der Waals surface area contributed by atoms with Gasteiger partial charge in [0.05, 0.1) is 0 Å². The Bertz CT molecular complexity index is 763. The van der Waals surface area contributed by atoms with Gasteiger partial charge in [-0.1, -0.05) is 52.2 Å². The quantitative estimate of drug-likeness (QED) is 0.821. The Morgan fingerprint density at radius 1 is 1.33 bits per heavy atom. The predicted octanol–water partition coefficient (Wildman–Crippen LogP) is 3.11. The van der Waals surface area contributed by atoms with Crippen molar-refractivity contribution in [2.24, 2.45) is 0 Å². The van der Waals surface area contributed by atoms with Gasteiger partial charge in [0.2, 0.25) is 11.0 Å². The fourth-order valence-corrected chi connectivity index (χ4v) is 3.40. The molecular formula is C15H14Cl2N4O2S. The molecule has 1 aromatic heterocycles. The first-order chi connectivity index (χ1) is 11.4. The second kappa shape index (κ2) is 7.04. The van der Waals surface area contributed by atoms with Crippen LogP contribution in [0.2, 0.25) is 0 Å². The van der Waals surface area contributed by atoms with Crippen molar-refractivity contribution in [1.29, 1.82) is 0 Å². The van der Waals surface area contributed by atoms with Gasteiger partial charge in [-0.2, -0.15) is 0 Å². The molecule has 0 aliphatic carbocycles. The van der Waals surface area contributed by atoms with Crippen LogP contribution < -0.4 is 10.2 Å². The smallest absolute Gasteiger partial charge is 0.259 e. The number of hydrogen-bond donors (Lipinski definition) is 1. The number of halogens is 2. The van der Waals surface area contributed by atoms with E-state index in [1.54, 1.807) is 4.90 Å². The Morgan fingerprint density at radius 2 is 2.04 bits per heavy atom. The third-order valence-electron chi connectivity index (χ3n) is 3.69. The zero-order valence-corrected chi connectivity index (χ0v) is 15.0. The summed E-state index contributed by atoms with van der Waals surface area (Å²) < 4.78 is 0. The van der Waals surface area contributed by atoms with Crippen LogP contribution in [0.15, 0.2) is 24.3 Å². The standard InChI is InChI=1S/C15H14Cl2N4O2S/c1-8-2-4-10(5-3-8)21-7-9(6-11(21)22)14-19-20-15(24-14)18-13(23)12(16)17/h2-5,9,12H,6-7H2,1H3,(H,18,20,23). The highest BCUT2D eigenvalue weighted by Gasteiger charge is 2.34. The Labute approximate surface area is 152 Å². The maximum absolute atomic E-state index is 12.3. The lowest BCUT2D eigenvalue weighted by molar-refractivity contribution is -0.117. The van der Waals surface area contributed by atoms with E-state index in [0.717, 1.165) is 11.3 Å². The van der Waals surface area contributed by atoms with Crippen LogP contribution in [0.5, 0.6) is 0 Å². The fraction of sp³-hybridized carbons (Fsp3) is 0.333. The molecule has 2 amide bonds. The van der Waals surface area contributed by atoms with Crippen molar-refractivity contribution in [1.82, 2.24) is 10.2 Å². The molecule has 1 N–H and O–H groups in total. The van der Waals surface area contributed by atoms with Crippen molar-refractivity contribution in [2.45, 2.75) is 24.1 Å². The van der Waals surface area contributed by atoms with E-state index < -0.39 is 10.7 Å². The number of aryl methyl sites for hydroxylation is 1. The van der Waals surface area contributed by atoms with Gasteiger partial charge in [0, 0.05) is 24.6 Å². The number of nitrogens with zero attached hydrogens (tertiary/aromatic N) is 3. The largest absolute Gasteiger partial charge is 0.312 e. The molecule has 9 heteroatoms. The van der Waals surface area contributed by atoms with E-state index in [2.05, 4.69) is 15.5 Å². The number of hydrogen-bond acceptors (Lipinski definition) is 5. The van der Waals surface area contributed by atoms with Gasteiger partial charge in [-0.05, 0) is 19.1 Å². The predicted molar refractivity (Wildman–Crippen MR) is 94.9 cm³/mol. The molecule has 6 nitrogen and oxygen atoms in total. The lowest BCUT2D eigenvalue weighted by Gasteiger charge is -2.16. The normalized spacial score (nSPS) is 17.6. The van der Waals surface area contributed by atoms with Gasteiger partial charge in [-0.3, -0.25) is 14.9 Å². The summed E-state index contributed by atoms with van der Waals surface area (Å²) in [6, 6.07) is 7.82. The first kappa shape index (κ1) is 17.1. The number of alkyl halides is 2. The summed E-state index contributed by atoms with van der Waals surface area (Å²) in [6.07, 6.45) is 0.365. The van der Waals surface area contributed by atoms with Gasteiger partial charge in [-0.15, -0.1) is 10.2 Å². The van der Waals surface area contributed by atoms with Crippen LogP contribution >= 0.6 is 34.5 Å². The van der Waals surface area contributed by atoms with E-state index in [1.165, 1.54) is 11.3 Å². The molecule has 1 aromatic carbocycles. The number of nitrogens with one attached hydrogen (secondary N) is 1. The molecule has 2 heterocycles.